The lowest BCUT2D eigenvalue weighted by Crippen LogP contribution is -2.16. The van der Waals surface area contributed by atoms with Crippen LogP contribution in [-0.4, -0.2) is 23.2 Å². The molecular weight excluding hydrogens is 259 g/mol. The van der Waals surface area contributed by atoms with Crippen molar-refractivity contribution >= 4 is 11.6 Å². The summed E-state index contributed by atoms with van der Waals surface area (Å²) in [6.07, 6.45) is 1.04. The van der Waals surface area contributed by atoms with Gasteiger partial charge in [-0.05, 0) is 23.7 Å². The van der Waals surface area contributed by atoms with E-state index in [9.17, 15) is 4.39 Å². The SMILES string of the molecule is Fc1cnc(Cl)nc1-c1cccc2c1OCCO2. The van der Waals surface area contributed by atoms with Gasteiger partial charge in [0.05, 0.1) is 6.20 Å². The van der Waals surface area contributed by atoms with Gasteiger partial charge in [0.25, 0.3) is 0 Å². The van der Waals surface area contributed by atoms with E-state index in [1.807, 2.05) is 0 Å². The molecule has 1 aliphatic heterocycles. The van der Waals surface area contributed by atoms with Crippen molar-refractivity contribution in [3.8, 4) is 22.8 Å². The number of nitrogens with zero attached hydrogens (tertiary/aromatic N) is 2. The minimum atomic E-state index is -0.554. The van der Waals surface area contributed by atoms with Crippen LogP contribution in [0.1, 0.15) is 0 Å². The summed E-state index contributed by atoms with van der Waals surface area (Å²) < 4.78 is 24.7. The Labute approximate surface area is 107 Å². The van der Waals surface area contributed by atoms with Crippen LogP contribution in [0.3, 0.4) is 0 Å². The Morgan fingerprint density at radius 2 is 2.06 bits per heavy atom. The normalized spacial score (nSPS) is 13.4. The molecule has 2 heterocycles. The Hall–Kier alpha value is -1.88. The third kappa shape index (κ3) is 1.86. The van der Waals surface area contributed by atoms with Gasteiger partial charge in [-0.3, -0.25) is 0 Å². The van der Waals surface area contributed by atoms with E-state index in [-0.39, 0.29) is 11.0 Å². The van der Waals surface area contributed by atoms with Gasteiger partial charge in [-0.15, -0.1) is 0 Å². The Bertz CT molecular complexity index is 607. The van der Waals surface area contributed by atoms with E-state index in [4.69, 9.17) is 21.1 Å². The molecule has 92 valence electrons. The molecule has 18 heavy (non-hydrogen) atoms. The van der Waals surface area contributed by atoms with E-state index >= 15 is 0 Å². The zero-order valence-corrected chi connectivity index (χ0v) is 9.95. The summed E-state index contributed by atoms with van der Waals surface area (Å²) >= 11 is 5.69. The predicted molar refractivity (Wildman–Crippen MR) is 63.4 cm³/mol. The Morgan fingerprint density at radius 3 is 2.94 bits per heavy atom. The number of benzene rings is 1. The van der Waals surface area contributed by atoms with E-state index < -0.39 is 5.82 Å². The quantitative estimate of drug-likeness (QED) is 0.745. The largest absolute Gasteiger partial charge is 0.486 e. The molecule has 0 spiro atoms. The molecule has 3 rings (SSSR count). The maximum absolute atomic E-state index is 13.7. The molecule has 1 aromatic carbocycles. The van der Waals surface area contributed by atoms with Gasteiger partial charge >= 0.3 is 0 Å². The first kappa shape index (κ1) is 11.2. The summed E-state index contributed by atoms with van der Waals surface area (Å²) in [4.78, 5) is 7.48. The molecular formula is C12H8ClFN2O2. The van der Waals surface area contributed by atoms with Crippen LogP contribution in [0.2, 0.25) is 5.28 Å². The Kier molecular flexibility index (Phi) is 2.76. The molecule has 0 saturated carbocycles. The summed E-state index contributed by atoms with van der Waals surface area (Å²) in [7, 11) is 0. The number of hydrogen-bond donors (Lipinski definition) is 0. The third-order valence-electron chi connectivity index (χ3n) is 2.54. The van der Waals surface area contributed by atoms with Crippen LogP contribution >= 0.6 is 11.6 Å². The molecule has 1 aliphatic rings. The van der Waals surface area contributed by atoms with Crippen LogP contribution in [0, 0.1) is 5.82 Å². The van der Waals surface area contributed by atoms with Crippen LogP contribution in [0.5, 0.6) is 11.5 Å². The van der Waals surface area contributed by atoms with E-state index in [0.29, 0.717) is 30.3 Å². The van der Waals surface area contributed by atoms with Crippen molar-refractivity contribution in [2.24, 2.45) is 0 Å². The first-order valence-electron chi connectivity index (χ1n) is 5.33. The number of rotatable bonds is 1. The van der Waals surface area contributed by atoms with E-state index in [0.717, 1.165) is 6.20 Å². The van der Waals surface area contributed by atoms with Gasteiger partial charge in [0.2, 0.25) is 5.28 Å². The van der Waals surface area contributed by atoms with Crippen molar-refractivity contribution in [1.29, 1.82) is 0 Å². The molecule has 0 bridgehead atoms. The smallest absolute Gasteiger partial charge is 0.223 e. The molecule has 0 saturated heterocycles. The molecule has 1 aromatic heterocycles. The fourth-order valence-corrected chi connectivity index (χ4v) is 1.93. The summed E-state index contributed by atoms with van der Waals surface area (Å²) in [6.45, 7) is 0.897. The van der Waals surface area contributed by atoms with Gasteiger partial charge in [0.1, 0.15) is 18.9 Å². The van der Waals surface area contributed by atoms with Crippen molar-refractivity contribution in [3.63, 3.8) is 0 Å². The highest BCUT2D eigenvalue weighted by Gasteiger charge is 2.20. The fraction of sp³-hybridized carbons (Fsp3) is 0.167. The van der Waals surface area contributed by atoms with Crippen molar-refractivity contribution in [3.05, 3.63) is 35.5 Å². The van der Waals surface area contributed by atoms with Crippen LogP contribution in [-0.2, 0) is 0 Å². The second-order valence-corrected chi connectivity index (χ2v) is 4.00. The molecule has 0 unspecified atom stereocenters. The minimum absolute atomic E-state index is 0.0132. The monoisotopic (exact) mass is 266 g/mol. The average molecular weight is 267 g/mol. The highest BCUT2D eigenvalue weighted by molar-refractivity contribution is 6.28. The van der Waals surface area contributed by atoms with Crippen molar-refractivity contribution in [2.75, 3.05) is 13.2 Å². The summed E-state index contributed by atoms with van der Waals surface area (Å²) in [5.74, 6) is 0.507. The van der Waals surface area contributed by atoms with Crippen LogP contribution in [0.15, 0.2) is 24.4 Å². The number of ether oxygens (including phenoxy) is 2. The van der Waals surface area contributed by atoms with Crippen LogP contribution < -0.4 is 9.47 Å². The molecule has 6 heteroatoms. The lowest BCUT2D eigenvalue weighted by molar-refractivity contribution is 0.172. The van der Waals surface area contributed by atoms with Gasteiger partial charge in [0.15, 0.2) is 17.3 Å². The van der Waals surface area contributed by atoms with Crippen molar-refractivity contribution in [1.82, 2.24) is 9.97 Å². The second kappa shape index (κ2) is 4.42. The maximum atomic E-state index is 13.7. The summed E-state index contributed by atoms with van der Waals surface area (Å²) in [5, 5.41) is -0.0132. The van der Waals surface area contributed by atoms with E-state index in [1.54, 1.807) is 18.2 Å². The zero-order chi connectivity index (χ0) is 12.5. The van der Waals surface area contributed by atoms with Crippen LogP contribution in [0.25, 0.3) is 11.3 Å². The van der Waals surface area contributed by atoms with Gasteiger partial charge in [-0.1, -0.05) is 6.07 Å². The zero-order valence-electron chi connectivity index (χ0n) is 9.19. The Morgan fingerprint density at radius 1 is 1.22 bits per heavy atom. The van der Waals surface area contributed by atoms with Crippen molar-refractivity contribution < 1.29 is 13.9 Å². The molecule has 0 N–H and O–H groups in total. The standard InChI is InChI=1S/C12H8ClFN2O2/c13-12-15-6-8(14)10(16-12)7-2-1-3-9-11(7)18-5-4-17-9/h1-3,6H,4-5H2. The van der Waals surface area contributed by atoms with Crippen molar-refractivity contribution in [2.45, 2.75) is 0 Å². The van der Waals surface area contributed by atoms with Gasteiger partial charge in [0, 0.05) is 5.56 Å². The molecule has 2 aromatic rings. The molecule has 0 aliphatic carbocycles. The highest BCUT2D eigenvalue weighted by Crippen LogP contribution is 2.39. The highest BCUT2D eigenvalue weighted by atomic mass is 35.5. The number of hydrogen-bond acceptors (Lipinski definition) is 4. The molecule has 0 atom stereocenters. The van der Waals surface area contributed by atoms with Gasteiger partial charge in [-0.25, -0.2) is 14.4 Å². The van der Waals surface area contributed by atoms with E-state index in [2.05, 4.69) is 9.97 Å². The lowest BCUT2D eigenvalue weighted by Gasteiger charge is -2.20. The number of aromatic nitrogens is 2. The summed E-state index contributed by atoms with van der Waals surface area (Å²) in [5.41, 5.74) is 0.617. The molecule has 0 amide bonds. The molecule has 0 radical (unpaired) electrons. The topological polar surface area (TPSA) is 44.2 Å². The molecule has 4 nitrogen and oxygen atoms in total. The first-order chi connectivity index (χ1) is 8.75. The van der Waals surface area contributed by atoms with E-state index in [1.165, 1.54) is 0 Å². The lowest BCUT2D eigenvalue weighted by atomic mass is 10.1. The predicted octanol–water partition coefficient (Wildman–Crippen LogP) is 2.71. The van der Waals surface area contributed by atoms with Gasteiger partial charge < -0.3 is 9.47 Å². The first-order valence-corrected chi connectivity index (χ1v) is 5.70. The second-order valence-electron chi connectivity index (χ2n) is 3.67. The van der Waals surface area contributed by atoms with Gasteiger partial charge in [-0.2, -0.15) is 0 Å². The third-order valence-corrected chi connectivity index (χ3v) is 2.72. The van der Waals surface area contributed by atoms with Crippen LogP contribution in [0.4, 0.5) is 4.39 Å². The summed E-state index contributed by atoms with van der Waals surface area (Å²) in [6, 6.07) is 5.21. The number of fused-ring (bicyclic) bond motifs is 1. The molecule has 0 fully saturated rings. The minimum Gasteiger partial charge on any atom is -0.486 e. The maximum Gasteiger partial charge on any atom is 0.223 e. The average Bonchev–Trinajstić information content (AvgIpc) is 2.41. The number of halogens is 2. The fourth-order valence-electron chi connectivity index (χ4n) is 1.79. The number of para-hydroxylation sites is 1. The Balaban J connectivity index is 2.19.